The zero-order valence-corrected chi connectivity index (χ0v) is 21.0. The Morgan fingerprint density at radius 2 is 1.80 bits per heavy atom. The molecule has 2 aromatic carbocycles. The van der Waals surface area contributed by atoms with Gasteiger partial charge in [-0.05, 0) is 24.0 Å². The fraction of sp³-hybridized carbons (Fsp3) is 0.379. The number of hydrogen-bond donors (Lipinski definition) is 1. The van der Waals surface area contributed by atoms with Gasteiger partial charge in [0, 0.05) is 41.8 Å². The molecule has 0 aromatic heterocycles. The average molecular weight is 476 g/mol. The number of benzene rings is 2. The lowest BCUT2D eigenvalue weighted by Crippen LogP contribution is -2.43. The first-order chi connectivity index (χ1) is 16.7. The minimum Gasteiger partial charge on any atom is -0.497 e. The molecule has 0 saturated carbocycles. The van der Waals surface area contributed by atoms with E-state index in [9.17, 15) is 9.59 Å². The van der Waals surface area contributed by atoms with E-state index >= 15 is 0 Å². The predicted molar refractivity (Wildman–Crippen MR) is 134 cm³/mol. The van der Waals surface area contributed by atoms with E-state index in [2.05, 4.69) is 11.4 Å². The van der Waals surface area contributed by atoms with Crippen LogP contribution in [-0.4, -0.2) is 32.6 Å². The first-order valence-corrected chi connectivity index (χ1v) is 11.9. The van der Waals surface area contributed by atoms with Crippen LogP contribution < -0.4 is 14.8 Å². The van der Waals surface area contributed by atoms with Gasteiger partial charge >= 0.3 is 5.97 Å². The number of rotatable bonds is 7. The van der Waals surface area contributed by atoms with Crippen molar-refractivity contribution in [3.63, 3.8) is 0 Å². The van der Waals surface area contributed by atoms with Crippen molar-refractivity contribution in [1.29, 1.82) is 0 Å². The third kappa shape index (κ3) is 5.11. The minimum atomic E-state index is -0.531. The fourth-order valence-electron chi connectivity index (χ4n) is 5.13. The zero-order valence-electron chi connectivity index (χ0n) is 21.0. The molecule has 0 spiro atoms. The lowest BCUT2D eigenvalue weighted by Gasteiger charge is -2.41. The van der Waals surface area contributed by atoms with Crippen LogP contribution in [0.5, 0.6) is 11.5 Å². The molecule has 0 radical (unpaired) electrons. The SMILES string of the molecule is COc1ccc(C2C(C(=O)OCCc3ccccc3)=C(C)NC3=CC(C)(C)CC(=O)C32)c(OC)c1. The van der Waals surface area contributed by atoms with Crippen LogP contribution in [0.25, 0.3) is 0 Å². The molecule has 2 atom stereocenters. The fourth-order valence-corrected chi connectivity index (χ4v) is 5.13. The summed E-state index contributed by atoms with van der Waals surface area (Å²) in [6.07, 6.45) is 3.13. The highest BCUT2D eigenvalue weighted by Gasteiger charge is 2.47. The molecular weight excluding hydrogens is 442 g/mol. The van der Waals surface area contributed by atoms with Crippen LogP contribution in [0.2, 0.25) is 0 Å². The predicted octanol–water partition coefficient (Wildman–Crippen LogP) is 4.95. The molecule has 2 aromatic rings. The molecule has 6 heteroatoms. The Morgan fingerprint density at radius 3 is 2.49 bits per heavy atom. The summed E-state index contributed by atoms with van der Waals surface area (Å²) in [5.41, 5.74) is 3.55. The molecular formula is C29H33NO5. The van der Waals surface area contributed by atoms with Crippen molar-refractivity contribution in [2.75, 3.05) is 20.8 Å². The first kappa shape index (κ1) is 24.6. The van der Waals surface area contributed by atoms with E-state index in [1.165, 1.54) is 0 Å². The van der Waals surface area contributed by atoms with Crippen molar-refractivity contribution < 1.29 is 23.8 Å². The maximum absolute atomic E-state index is 13.5. The van der Waals surface area contributed by atoms with Crippen molar-refractivity contribution in [3.8, 4) is 11.5 Å². The van der Waals surface area contributed by atoms with E-state index in [1.807, 2.05) is 63.2 Å². The number of ketones is 1. The number of nitrogens with one attached hydrogen (secondary N) is 1. The van der Waals surface area contributed by atoms with Gasteiger partial charge in [-0.3, -0.25) is 4.79 Å². The van der Waals surface area contributed by atoms with Gasteiger partial charge in [0.05, 0.1) is 32.3 Å². The Bertz CT molecular complexity index is 1180. The smallest absolute Gasteiger partial charge is 0.336 e. The minimum absolute atomic E-state index is 0.0879. The number of carbonyl (C=O) groups is 2. The van der Waals surface area contributed by atoms with Crippen LogP contribution in [0.1, 0.15) is 44.2 Å². The molecule has 1 aliphatic carbocycles. The maximum Gasteiger partial charge on any atom is 0.336 e. The first-order valence-electron chi connectivity index (χ1n) is 11.9. The highest BCUT2D eigenvalue weighted by molar-refractivity contribution is 5.96. The van der Waals surface area contributed by atoms with Crippen molar-refractivity contribution >= 4 is 11.8 Å². The summed E-state index contributed by atoms with van der Waals surface area (Å²) >= 11 is 0. The number of carbonyl (C=O) groups excluding carboxylic acids is 2. The van der Waals surface area contributed by atoms with Crippen molar-refractivity contribution in [3.05, 3.63) is 82.7 Å². The summed E-state index contributed by atoms with van der Waals surface area (Å²) in [6.45, 7) is 6.21. The van der Waals surface area contributed by atoms with E-state index in [0.717, 1.165) is 16.8 Å². The Balaban J connectivity index is 1.74. The van der Waals surface area contributed by atoms with Crippen LogP contribution in [0.3, 0.4) is 0 Å². The summed E-state index contributed by atoms with van der Waals surface area (Å²) < 4.78 is 16.8. The Kier molecular flexibility index (Phi) is 7.01. The number of ether oxygens (including phenoxy) is 3. The number of fused-ring (bicyclic) bond motifs is 1. The normalized spacial score (nSPS) is 20.9. The number of methoxy groups -OCH3 is 2. The lowest BCUT2D eigenvalue weighted by atomic mass is 9.66. The van der Waals surface area contributed by atoms with Gasteiger partial charge in [-0.25, -0.2) is 4.79 Å². The molecule has 1 heterocycles. The third-order valence-corrected chi connectivity index (χ3v) is 6.70. The quantitative estimate of drug-likeness (QED) is 0.571. The second kappa shape index (κ2) is 9.98. The topological polar surface area (TPSA) is 73.9 Å². The average Bonchev–Trinajstić information content (AvgIpc) is 2.82. The number of hydrogen-bond acceptors (Lipinski definition) is 6. The second-order valence-electron chi connectivity index (χ2n) is 9.83. The van der Waals surface area contributed by atoms with Crippen LogP contribution in [0, 0.1) is 11.3 Å². The molecule has 1 N–H and O–H groups in total. The van der Waals surface area contributed by atoms with E-state index < -0.39 is 17.8 Å². The molecule has 0 saturated heterocycles. The van der Waals surface area contributed by atoms with Crippen LogP contribution in [0.15, 0.2) is 71.6 Å². The van der Waals surface area contributed by atoms with Crippen LogP contribution >= 0.6 is 0 Å². The molecule has 6 nitrogen and oxygen atoms in total. The Hall–Kier alpha value is -3.54. The molecule has 0 fully saturated rings. The van der Waals surface area contributed by atoms with Gasteiger partial charge in [0.25, 0.3) is 0 Å². The standard InChI is InChI=1S/C29H33NO5/c1-18-25(28(32)35-14-13-19-9-7-6-8-10-19)26(21-12-11-20(33-4)15-24(21)34-5)27-22(30-18)16-29(2,3)17-23(27)31/h6-12,15-16,26-27,30H,13-14,17H2,1-5H3. The number of esters is 1. The Morgan fingerprint density at radius 1 is 1.06 bits per heavy atom. The van der Waals surface area contributed by atoms with Crippen LogP contribution in [-0.2, 0) is 20.7 Å². The largest absolute Gasteiger partial charge is 0.497 e. The number of Topliss-reactive ketones (excluding diaryl/α,β-unsaturated/α-hetero) is 1. The maximum atomic E-state index is 13.5. The highest BCUT2D eigenvalue weighted by atomic mass is 16.5. The lowest BCUT2D eigenvalue weighted by molar-refractivity contribution is -0.139. The Labute approximate surface area is 207 Å². The van der Waals surface area contributed by atoms with Gasteiger partial charge in [0.2, 0.25) is 0 Å². The second-order valence-corrected chi connectivity index (χ2v) is 9.83. The summed E-state index contributed by atoms with van der Waals surface area (Å²) in [6, 6.07) is 15.4. The van der Waals surface area contributed by atoms with E-state index in [4.69, 9.17) is 14.2 Å². The zero-order chi connectivity index (χ0) is 25.2. The summed E-state index contributed by atoms with van der Waals surface area (Å²) in [4.78, 5) is 27.0. The molecule has 2 aliphatic rings. The van der Waals surface area contributed by atoms with Gasteiger partial charge in [-0.2, -0.15) is 0 Å². The van der Waals surface area contributed by atoms with Crippen molar-refractivity contribution in [2.24, 2.45) is 11.3 Å². The molecule has 0 amide bonds. The van der Waals surface area contributed by atoms with Gasteiger partial charge in [0.15, 0.2) is 0 Å². The highest BCUT2D eigenvalue weighted by Crippen LogP contribution is 2.49. The summed E-state index contributed by atoms with van der Waals surface area (Å²) in [5, 5.41) is 3.36. The molecule has 184 valence electrons. The van der Waals surface area contributed by atoms with E-state index in [0.29, 0.717) is 35.6 Å². The molecule has 4 rings (SSSR count). The third-order valence-electron chi connectivity index (χ3n) is 6.70. The van der Waals surface area contributed by atoms with Crippen molar-refractivity contribution in [1.82, 2.24) is 5.32 Å². The van der Waals surface area contributed by atoms with Gasteiger partial charge < -0.3 is 19.5 Å². The molecule has 0 bridgehead atoms. The monoisotopic (exact) mass is 475 g/mol. The molecule has 2 unspecified atom stereocenters. The van der Waals surface area contributed by atoms with E-state index in [-0.39, 0.29) is 17.8 Å². The van der Waals surface area contributed by atoms with Crippen LogP contribution in [0.4, 0.5) is 0 Å². The molecule has 35 heavy (non-hydrogen) atoms. The van der Waals surface area contributed by atoms with Gasteiger partial charge in [-0.15, -0.1) is 0 Å². The number of allylic oxidation sites excluding steroid dienone is 3. The summed E-state index contributed by atoms with van der Waals surface area (Å²) in [5.74, 6) is -0.188. The molecule has 1 aliphatic heterocycles. The van der Waals surface area contributed by atoms with Gasteiger partial charge in [-0.1, -0.05) is 56.3 Å². The van der Waals surface area contributed by atoms with E-state index in [1.54, 1.807) is 20.3 Å². The van der Waals surface area contributed by atoms with Crippen molar-refractivity contribution in [2.45, 2.75) is 39.5 Å². The van der Waals surface area contributed by atoms with Gasteiger partial charge in [0.1, 0.15) is 17.3 Å². The summed E-state index contributed by atoms with van der Waals surface area (Å²) in [7, 11) is 3.17.